The standard InChI is InChI=1S/C23H22ClN3O7/c1-4-33-23(30)22-19(12-21(29)27(26-22)18-8-6-5-7-17(18)24)34-13-20(28)25-14-9-15(31-2)11-16(10-14)32-3/h5-12H,4,13H2,1-3H3,(H,25,28). The van der Waals surface area contributed by atoms with E-state index in [4.69, 9.17) is 30.5 Å². The summed E-state index contributed by atoms with van der Waals surface area (Å²) in [7, 11) is 2.97. The number of hydrogen-bond donors (Lipinski definition) is 1. The minimum Gasteiger partial charge on any atom is -0.497 e. The lowest BCUT2D eigenvalue weighted by Crippen LogP contribution is -2.27. The second kappa shape index (κ2) is 11.2. The van der Waals surface area contributed by atoms with E-state index >= 15 is 0 Å². The summed E-state index contributed by atoms with van der Waals surface area (Å²) in [4.78, 5) is 37.6. The normalized spacial score (nSPS) is 10.4. The molecule has 0 saturated carbocycles. The van der Waals surface area contributed by atoms with E-state index in [0.717, 1.165) is 10.7 Å². The largest absolute Gasteiger partial charge is 0.497 e. The summed E-state index contributed by atoms with van der Waals surface area (Å²) >= 11 is 6.17. The number of methoxy groups -OCH3 is 2. The highest BCUT2D eigenvalue weighted by Gasteiger charge is 2.21. The molecule has 1 aromatic heterocycles. The number of nitrogens with one attached hydrogen (secondary N) is 1. The Balaban J connectivity index is 1.85. The summed E-state index contributed by atoms with van der Waals surface area (Å²) in [5.41, 5.74) is -0.218. The minimum absolute atomic E-state index is 0.0728. The summed E-state index contributed by atoms with van der Waals surface area (Å²) in [5, 5.41) is 6.98. The number of amides is 1. The van der Waals surface area contributed by atoms with Crippen molar-refractivity contribution in [3.8, 4) is 22.9 Å². The fourth-order valence-corrected chi connectivity index (χ4v) is 3.12. The molecule has 11 heteroatoms. The number of hydrogen-bond acceptors (Lipinski definition) is 8. The van der Waals surface area contributed by atoms with Gasteiger partial charge in [0.05, 0.1) is 37.6 Å². The predicted octanol–water partition coefficient (Wildman–Crippen LogP) is 3.10. The van der Waals surface area contributed by atoms with Gasteiger partial charge >= 0.3 is 5.97 Å². The zero-order valence-electron chi connectivity index (χ0n) is 18.7. The van der Waals surface area contributed by atoms with E-state index in [9.17, 15) is 14.4 Å². The second-order valence-corrected chi connectivity index (χ2v) is 7.12. The van der Waals surface area contributed by atoms with Gasteiger partial charge in [-0.3, -0.25) is 9.59 Å². The van der Waals surface area contributed by atoms with Crippen molar-refractivity contribution in [3.05, 3.63) is 69.6 Å². The topological polar surface area (TPSA) is 118 Å². The van der Waals surface area contributed by atoms with E-state index in [2.05, 4.69) is 10.4 Å². The Morgan fingerprint density at radius 2 is 1.74 bits per heavy atom. The average Bonchev–Trinajstić information content (AvgIpc) is 2.83. The van der Waals surface area contributed by atoms with E-state index in [1.54, 1.807) is 49.4 Å². The maximum Gasteiger partial charge on any atom is 0.362 e. The molecule has 3 rings (SSSR count). The molecule has 0 atom stereocenters. The fraction of sp³-hybridized carbons (Fsp3) is 0.217. The first-order chi connectivity index (χ1) is 16.4. The van der Waals surface area contributed by atoms with E-state index in [-0.39, 0.29) is 28.8 Å². The van der Waals surface area contributed by atoms with Crippen LogP contribution in [0.25, 0.3) is 5.69 Å². The molecule has 3 aromatic rings. The molecule has 178 valence electrons. The van der Waals surface area contributed by atoms with Crippen molar-refractivity contribution in [2.24, 2.45) is 0 Å². The smallest absolute Gasteiger partial charge is 0.362 e. The van der Waals surface area contributed by atoms with Crippen LogP contribution < -0.4 is 25.1 Å². The Morgan fingerprint density at radius 3 is 2.35 bits per heavy atom. The van der Waals surface area contributed by atoms with E-state index in [1.165, 1.54) is 14.2 Å². The van der Waals surface area contributed by atoms with Crippen LogP contribution >= 0.6 is 11.6 Å². The van der Waals surface area contributed by atoms with Gasteiger partial charge in [-0.15, -0.1) is 0 Å². The van der Waals surface area contributed by atoms with Gasteiger partial charge in [0.25, 0.3) is 11.5 Å². The molecule has 1 heterocycles. The number of aromatic nitrogens is 2. The molecule has 0 unspecified atom stereocenters. The molecule has 2 aromatic carbocycles. The number of halogens is 1. The van der Waals surface area contributed by atoms with Crippen LogP contribution in [0.4, 0.5) is 5.69 Å². The number of carbonyl (C=O) groups is 2. The quantitative estimate of drug-likeness (QED) is 0.457. The lowest BCUT2D eigenvalue weighted by atomic mass is 10.2. The van der Waals surface area contributed by atoms with Crippen LogP contribution in [0, 0.1) is 0 Å². The molecule has 10 nitrogen and oxygen atoms in total. The van der Waals surface area contributed by atoms with Crippen molar-refractivity contribution in [3.63, 3.8) is 0 Å². The molecular weight excluding hydrogens is 466 g/mol. The van der Waals surface area contributed by atoms with Crippen LogP contribution in [0.2, 0.25) is 5.02 Å². The first-order valence-corrected chi connectivity index (χ1v) is 10.5. The van der Waals surface area contributed by atoms with Crippen LogP contribution in [0.1, 0.15) is 17.4 Å². The zero-order valence-corrected chi connectivity index (χ0v) is 19.4. The lowest BCUT2D eigenvalue weighted by Gasteiger charge is -2.13. The Bertz CT molecular complexity index is 1240. The van der Waals surface area contributed by atoms with E-state index in [0.29, 0.717) is 17.2 Å². The Kier molecular flexibility index (Phi) is 8.10. The summed E-state index contributed by atoms with van der Waals surface area (Å²) in [6, 6.07) is 12.4. The van der Waals surface area contributed by atoms with Gasteiger partial charge in [0.2, 0.25) is 5.69 Å². The zero-order chi connectivity index (χ0) is 24.7. The van der Waals surface area contributed by atoms with E-state index < -0.39 is 24.0 Å². The molecule has 0 fully saturated rings. The predicted molar refractivity (Wildman–Crippen MR) is 124 cm³/mol. The molecule has 0 saturated heterocycles. The average molecular weight is 488 g/mol. The second-order valence-electron chi connectivity index (χ2n) is 6.72. The summed E-state index contributed by atoms with van der Waals surface area (Å²) in [6.07, 6.45) is 0. The number of rotatable bonds is 9. The lowest BCUT2D eigenvalue weighted by molar-refractivity contribution is -0.118. The highest BCUT2D eigenvalue weighted by Crippen LogP contribution is 2.26. The van der Waals surface area contributed by atoms with Crippen LogP contribution in [0.3, 0.4) is 0 Å². The third kappa shape index (κ3) is 5.84. The molecular formula is C23H22ClN3O7. The van der Waals surface area contributed by atoms with Crippen molar-refractivity contribution in [1.82, 2.24) is 9.78 Å². The van der Waals surface area contributed by atoms with Gasteiger partial charge in [-0.25, -0.2) is 4.79 Å². The summed E-state index contributed by atoms with van der Waals surface area (Å²) < 4.78 is 21.8. The van der Waals surface area contributed by atoms with Gasteiger partial charge in [0, 0.05) is 23.9 Å². The molecule has 0 aliphatic carbocycles. The Morgan fingerprint density at radius 1 is 1.06 bits per heavy atom. The molecule has 1 amide bonds. The SMILES string of the molecule is CCOC(=O)c1nn(-c2ccccc2Cl)c(=O)cc1OCC(=O)Nc1cc(OC)cc(OC)c1. The van der Waals surface area contributed by atoms with Crippen LogP contribution in [0.5, 0.6) is 17.2 Å². The summed E-state index contributed by atoms with van der Waals surface area (Å²) in [6.45, 7) is 1.19. The van der Waals surface area contributed by atoms with Crippen molar-refractivity contribution >= 4 is 29.2 Å². The first-order valence-electron chi connectivity index (χ1n) is 10.1. The Hall–Kier alpha value is -4.05. The van der Waals surface area contributed by atoms with E-state index in [1.807, 2.05) is 0 Å². The van der Waals surface area contributed by atoms with Crippen molar-refractivity contribution in [2.45, 2.75) is 6.92 Å². The van der Waals surface area contributed by atoms with Gasteiger partial charge in [-0.1, -0.05) is 23.7 Å². The van der Waals surface area contributed by atoms with Gasteiger partial charge in [0.15, 0.2) is 12.4 Å². The highest BCUT2D eigenvalue weighted by molar-refractivity contribution is 6.32. The molecule has 1 N–H and O–H groups in total. The number of ether oxygens (including phenoxy) is 4. The monoisotopic (exact) mass is 487 g/mol. The third-order valence-corrected chi connectivity index (χ3v) is 4.76. The number of esters is 1. The van der Waals surface area contributed by atoms with Gasteiger partial charge < -0.3 is 24.3 Å². The third-order valence-electron chi connectivity index (χ3n) is 4.44. The minimum atomic E-state index is -0.823. The Labute approximate surface area is 200 Å². The molecule has 0 aliphatic heterocycles. The van der Waals surface area contributed by atoms with Crippen LogP contribution in [-0.2, 0) is 9.53 Å². The fourth-order valence-electron chi connectivity index (χ4n) is 2.91. The van der Waals surface area contributed by atoms with Gasteiger partial charge in [-0.2, -0.15) is 9.78 Å². The number of benzene rings is 2. The van der Waals surface area contributed by atoms with Crippen LogP contribution in [0.15, 0.2) is 53.3 Å². The number of nitrogens with zero attached hydrogens (tertiary/aromatic N) is 2. The van der Waals surface area contributed by atoms with Gasteiger partial charge in [0.1, 0.15) is 11.5 Å². The maximum absolute atomic E-state index is 12.7. The first kappa shape index (κ1) is 24.6. The molecule has 0 bridgehead atoms. The number of anilines is 1. The molecule has 0 spiro atoms. The molecule has 0 aliphatic rings. The molecule has 0 radical (unpaired) electrons. The molecule has 34 heavy (non-hydrogen) atoms. The number of para-hydroxylation sites is 1. The van der Waals surface area contributed by atoms with Crippen molar-refractivity contribution < 1.29 is 28.5 Å². The highest BCUT2D eigenvalue weighted by atomic mass is 35.5. The van der Waals surface area contributed by atoms with Crippen LogP contribution in [-0.4, -0.2) is 49.1 Å². The maximum atomic E-state index is 12.7. The van der Waals surface area contributed by atoms with Crippen molar-refractivity contribution in [1.29, 1.82) is 0 Å². The van der Waals surface area contributed by atoms with Gasteiger partial charge in [-0.05, 0) is 19.1 Å². The van der Waals surface area contributed by atoms with Crippen molar-refractivity contribution in [2.75, 3.05) is 32.8 Å². The number of carbonyl (C=O) groups excluding carboxylic acids is 2. The summed E-state index contributed by atoms with van der Waals surface area (Å²) in [5.74, 6) is -0.623.